The number of aromatic nitrogens is 4. The van der Waals surface area contributed by atoms with E-state index in [1.54, 1.807) is 35.6 Å². The van der Waals surface area contributed by atoms with Crippen molar-refractivity contribution >= 4 is 23.2 Å². The van der Waals surface area contributed by atoms with Crippen molar-refractivity contribution in [2.75, 3.05) is 5.32 Å². The van der Waals surface area contributed by atoms with E-state index in [1.807, 2.05) is 6.20 Å². The first kappa shape index (κ1) is 17.2. The lowest BCUT2D eigenvalue weighted by molar-refractivity contribution is -0.123. The summed E-state index contributed by atoms with van der Waals surface area (Å²) in [6, 6.07) is 8.28. The lowest BCUT2D eigenvalue weighted by Crippen LogP contribution is -2.40. The summed E-state index contributed by atoms with van der Waals surface area (Å²) in [6.45, 7) is 6.26. The third-order valence-electron chi connectivity index (χ3n) is 4.04. The molecule has 0 saturated heterocycles. The molecule has 0 atom stereocenters. The molecule has 1 amide bonds. The third-order valence-corrected chi connectivity index (χ3v) is 4.23. The number of hydrogen-bond acceptors (Lipinski definition) is 3. The number of aryl methyl sites for hydroxylation is 1. The summed E-state index contributed by atoms with van der Waals surface area (Å²) in [7, 11) is 0. The maximum Gasteiger partial charge on any atom is 0.251 e. The number of hydrogen-bond donors (Lipinski definition) is 1. The van der Waals surface area contributed by atoms with Gasteiger partial charge in [0.1, 0.15) is 5.54 Å². The molecule has 0 bridgehead atoms. The minimum Gasteiger partial charge on any atom is -0.321 e. The maximum absolute atomic E-state index is 12.6. The maximum atomic E-state index is 12.6. The van der Waals surface area contributed by atoms with Crippen LogP contribution in [0.5, 0.6) is 0 Å². The lowest BCUT2D eigenvalue weighted by Gasteiger charge is -2.23. The minimum atomic E-state index is -0.869. The molecular weight excluding hydrogens is 338 g/mol. The Kier molecular flexibility index (Phi) is 4.63. The van der Waals surface area contributed by atoms with Crippen LogP contribution in [0.15, 0.2) is 49.1 Å². The first-order chi connectivity index (χ1) is 11.8. The van der Waals surface area contributed by atoms with Gasteiger partial charge in [-0.15, -0.1) is 0 Å². The van der Waals surface area contributed by atoms with Gasteiger partial charge in [-0.25, -0.2) is 0 Å². The van der Waals surface area contributed by atoms with E-state index in [0.717, 1.165) is 5.56 Å². The third kappa shape index (κ3) is 3.91. The summed E-state index contributed by atoms with van der Waals surface area (Å²) < 4.78 is 3.33. The molecule has 25 heavy (non-hydrogen) atoms. The molecule has 0 aliphatic rings. The lowest BCUT2D eigenvalue weighted by atomic mass is 10.1. The predicted octanol–water partition coefficient (Wildman–Crippen LogP) is 3.46. The van der Waals surface area contributed by atoms with Crippen LogP contribution in [-0.2, 0) is 16.9 Å². The van der Waals surface area contributed by atoms with Gasteiger partial charge in [0.15, 0.2) is 0 Å². The molecule has 0 saturated carbocycles. The minimum absolute atomic E-state index is 0.192. The highest BCUT2D eigenvalue weighted by Crippen LogP contribution is 2.20. The van der Waals surface area contributed by atoms with Crippen LogP contribution in [-0.4, -0.2) is 25.5 Å². The molecule has 7 heteroatoms. The fraction of sp³-hybridized carbons (Fsp3) is 0.278. The highest BCUT2D eigenvalue weighted by molar-refractivity contribution is 6.30. The van der Waals surface area contributed by atoms with Crippen molar-refractivity contribution < 1.29 is 4.79 Å². The number of rotatable bonds is 5. The Bertz CT molecular complexity index is 879. The van der Waals surface area contributed by atoms with Crippen LogP contribution in [0.3, 0.4) is 0 Å². The molecular formula is C18H20ClN5O. The Balaban J connectivity index is 1.68. The molecule has 0 spiro atoms. The molecule has 1 N–H and O–H groups in total. The number of nitrogens with one attached hydrogen (secondary N) is 1. The molecule has 2 heterocycles. The number of halogens is 1. The van der Waals surface area contributed by atoms with E-state index in [-0.39, 0.29) is 5.91 Å². The van der Waals surface area contributed by atoms with E-state index in [0.29, 0.717) is 17.3 Å². The number of anilines is 1. The molecule has 0 aliphatic heterocycles. The van der Waals surface area contributed by atoms with Gasteiger partial charge in [-0.05, 0) is 26.3 Å². The summed E-state index contributed by atoms with van der Waals surface area (Å²) in [6.07, 6.45) is 6.58. The molecule has 0 aliphatic carbocycles. The van der Waals surface area contributed by atoms with Gasteiger partial charge < -0.3 is 5.32 Å². The molecule has 0 fully saturated rings. The summed E-state index contributed by atoms with van der Waals surface area (Å²) >= 11 is 5.89. The second kappa shape index (κ2) is 6.72. The van der Waals surface area contributed by atoms with Gasteiger partial charge in [0.2, 0.25) is 0 Å². The van der Waals surface area contributed by atoms with Gasteiger partial charge in [-0.1, -0.05) is 41.4 Å². The molecule has 0 radical (unpaired) electrons. The summed E-state index contributed by atoms with van der Waals surface area (Å²) in [4.78, 5) is 12.6. The van der Waals surface area contributed by atoms with Crippen LogP contribution in [0, 0.1) is 6.92 Å². The van der Waals surface area contributed by atoms with Gasteiger partial charge in [0, 0.05) is 12.4 Å². The Morgan fingerprint density at radius 3 is 2.52 bits per heavy atom. The number of nitrogens with zero attached hydrogens (tertiary/aromatic N) is 4. The van der Waals surface area contributed by atoms with Crippen molar-refractivity contribution in [2.24, 2.45) is 0 Å². The normalized spacial score (nSPS) is 11.5. The van der Waals surface area contributed by atoms with Crippen molar-refractivity contribution in [3.63, 3.8) is 0 Å². The fourth-order valence-electron chi connectivity index (χ4n) is 2.39. The van der Waals surface area contributed by atoms with Gasteiger partial charge in [-0.3, -0.25) is 14.2 Å². The van der Waals surface area contributed by atoms with Crippen molar-refractivity contribution in [1.29, 1.82) is 0 Å². The summed E-state index contributed by atoms with van der Waals surface area (Å²) in [5, 5.41) is 11.8. The molecule has 0 unspecified atom stereocenters. The van der Waals surface area contributed by atoms with Gasteiger partial charge in [-0.2, -0.15) is 10.2 Å². The Morgan fingerprint density at radius 1 is 1.16 bits per heavy atom. The molecule has 3 aromatic rings. The molecule has 3 rings (SSSR count). The van der Waals surface area contributed by atoms with Gasteiger partial charge in [0.25, 0.3) is 5.91 Å². The molecule has 2 aromatic heterocycles. The van der Waals surface area contributed by atoms with Crippen molar-refractivity contribution in [2.45, 2.75) is 32.9 Å². The first-order valence-electron chi connectivity index (χ1n) is 7.95. The summed E-state index contributed by atoms with van der Waals surface area (Å²) in [5.41, 5.74) is 2.14. The first-order valence-corrected chi connectivity index (χ1v) is 8.32. The quantitative estimate of drug-likeness (QED) is 0.760. The highest BCUT2D eigenvalue weighted by Gasteiger charge is 2.31. The number of carbonyl (C=O) groups is 1. The standard InChI is InChI=1S/C18H20ClN5O/c1-13-4-6-14(7-5-13)10-23-12-16(9-20-23)22-17(25)18(2,3)24-11-15(19)8-21-24/h4-9,11-12H,10H2,1-3H3,(H,22,25). The van der Waals surface area contributed by atoms with Gasteiger partial charge in [0.05, 0.1) is 29.6 Å². The SMILES string of the molecule is Cc1ccc(Cn2cc(NC(=O)C(C)(C)n3cc(Cl)cn3)cn2)cc1. The van der Waals surface area contributed by atoms with Crippen molar-refractivity contribution in [1.82, 2.24) is 19.6 Å². The van der Waals surface area contributed by atoms with Crippen LogP contribution >= 0.6 is 11.6 Å². The van der Waals surface area contributed by atoms with E-state index in [9.17, 15) is 4.79 Å². The topological polar surface area (TPSA) is 64.7 Å². The Hall–Kier alpha value is -2.60. The number of benzene rings is 1. The van der Waals surface area contributed by atoms with E-state index in [1.165, 1.54) is 11.8 Å². The second-order valence-electron chi connectivity index (χ2n) is 6.53. The zero-order chi connectivity index (χ0) is 18.0. The van der Waals surface area contributed by atoms with Crippen molar-refractivity contribution in [3.8, 4) is 0 Å². The van der Waals surface area contributed by atoms with E-state index < -0.39 is 5.54 Å². The molecule has 6 nitrogen and oxygen atoms in total. The summed E-state index contributed by atoms with van der Waals surface area (Å²) in [5.74, 6) is -0.192. The van der Waals surface area contributed by atoms with Crippen LogP contribution in [0.2, 0.25) is 5.02 Å². The monoisotopic (exact) mass is 357 g/mol. The Labute approximate surface area is 151 Å². The van der Waals surface area contributed by atoms with E-state index >= 15 is 0 Å². The van der Waals surface area contributed by atoms with Crippen LogP contribution in [0.1, 0.15) is 25.0 Å². The van der Waals surface area contributed by atoms with Crippen molar-refractivity contribution in [3.05, 3.63) is 65.2 Å². The van der Waals surface area contributed by atoms with Crippen LogP contribution in [0.25, 0.3) is 0 Å². The fourth-order valence-corrected chi connectivity index (χ4v) is 2.53. The Morgan fingerprint density at radius 2 is 1.88 bits per heavy atom. The number of amides is 1. The van der Waals surface area contributed by atoms with Gasteiger partial charge >= 0.3 is 0 Å². The zero-order valence-corrected chi connectivity index (χ0v) is 15.2. The largest absolute Gasteiger partial charge is 0.321 e. The van der Waals surface area contributed by atoms with E-state index in [2.05, 4.69) is 46.7 Å². The van der Waals surface area contributed by atoms with Crippen LogP contribution in [0.4, 0.5) is 5.69 Å². The highest BCUT2D eigenvalue weighted by atomic mass is 35.5. The smallest absolute Gasteiger partial charge is 0.251 e. The van der Waals surface area contributed by atoms with Crippen LogP contribution < -0.4 is 5.32 Å². The van der Waals surface area contributed by atoms with E-state index in [4.69, 9.17) is 11.6 Å². The average Bonchev–Trinajstić information content (AvgIpc) is 3.19. The predicted molar refractivity (Wildman–Crippen MR) is 97.7 cm³/mol. The second-order valence-corrected chi connectivity index (χ2v) is 6.96. The zero-order valence-electron chi connectivity index (χ0n) is 14.4. The molecule has 130 valence electrons. The molecule has 1 aromatic carbocycles. The average molecular weight is 358 g/mol. The number of carbonyl (C=O) groups excluding carboxylic acids is 1.